The van der Waals surface area contributed by atoms with Gasteiger partial charge in [-0.05, 0) is 25.2 Å². The van der Waals surface area contributed by atoms with Gasteiger partial charge in [0.05, 0.1) is 5.41 Å². The number of hydrogen-bond acceptors (Lipinski definition) is 2. The van der Waals surface area contributed by atoms with E-state index in [4.69, 9.17) is 10.2 Å². The first-order chi connectivity index (χ1) is 5.10. The third kappa shape index (κ3) is 1.71. The molecular weight excluding hydrogens is 144 g/mol. The summed E-state index contributed by atoms with van der Waals surface area (Å²) in [4.78, 5) is 10.7. The van der Waals surface area contributed by atoms with Crippen LogP contribution in [-0.4, -0.2) is 22.8 Å². The predicted molar refractivity (Wildman–Crippen MR) is 40.2 cm³/mol. The van der Waals surface area contributed by atoms with E-state index in [9.17, 15) is 4.79 Å². The standard InChI is InChI=1S/C8H14O3/c1-6(5-9)4-8(2-3-8)7(10)11/h6,9H,2-5H2,1H3,(H,10,11). The van der Waals surface area contributed by atoms with Crippen LogP contribution in [-0.2, 0) is 4.79 Å². The Morgan fingerprint density at radius 2 is 2.18 bits per heavy atom. The lowest BCUT2D eigenvalue weighted by atomic mass is 9.94. The summed E-state index contributed by atoms with van der Waals surface area (Å²) < 4.78 is 0. The normalized spacial score (nSPS) is 22.7. The molecule has 3 heteroatoms. The molecule has 1 aliphatic rings. The van der Waals surface area contributed by atoms with Crippen molar-refractivity contribution < 1.29 is 15.0 Å². The summed E-state index contributed by atoms with van der Waals surface area (Å²) in [5, 5.41) is 17.5. The van der Waals surface area contributed by atoms with Crippen LogP contribution in [0.2, 0.25) is 0 Å². The van der Waals surface area contributed by atoms with Gasteiger partial charge in [-0.3, -0.25) is 4.79 Å². The fraction of sp³-hybridized carbons (Fsp3) is 0.875. The average Bonchev–Trinajstić information content (AvgIpc) is 2.69. The summed E-state index contributed by atoms with van der Waals surface area (Å²) in [5.41, 5.74) is -0.470. The Morgan fingerprint density at radius 1 is 1.64 bits per heavy atom. The molecule has 0 spiro atoms. The number of carboxylic acid groups (broad SMARTS) is 1. The predicted octanol–water partition coefficient (Wildman–Crippen LogP) is 0.870. The molecule has 3 nitrogen and oxygen atoms in total. The second-order valence-electron chi connectivity index (χ2n) is 3.58. The van der Waals surface area contributed by atoms with Crippen LogP contribution in [0.25, 0.3) is 0 Å². The van der Waals surface area contributed by atoms with Crippen LogP contribution in [0.1, 0.15) is 26.2 Å². The highest BCUT2D eigenvalue weighted by Gasteiger charge is 2.50. The number of aliphatic hydroxyl groups excluding tert-OH is 1. The Labute approximate surface area is 66.0 Å². The molecule has 64 valence electrons. The van der Waals surface area contributed by atoms with Crippen LogP contribution in [0.4, 0.5) is 0 Å². The van der Waals surface area contributed by atoms with Gasteiger partial charge in [0.2, 0.25) is 0 Å². The molecule has 0 radical (unpaired) electrons. The molecule has 0 aromatic carbocycles. The molecule has 1 atom stereocenters. The molecule has 0 bridgehead atoms. The minimum absolute atomic E-state index is 0.0923. The summed E-state index contributed by atoms with van der Waals surface area (Å²) >= 11 is 0. The van der Waals surface area contributed by atoms with Crippen molar-refractivity contribution >= 4 is 5.97 Å². The van der Waals surface area contributed by atoms with Gasteiger partial charge in [-0.15, -0.1) is 0 Å². The van der Waals surface area contributed by atoms with Crippen LogP contribution in [0, 0.1) is 11.3 Å². The zero-order chi connectivity index (χ0) is 8.48. The highest BCUT2D eigenvalue weighted by Crippen LogP contribution is 2.50. The van der Waals surface area contributed by atoms with Gasteiger partial charge in [-0.1, -0.05) is 6.92 Å². The van der Waals surface area contributed by atoms with E-state index < -0.39 is 11.4 Å². The number of aliphatic carboxylic acids is 1. The van der Waals surface area contributed by atoms with Gasteiger partial charge in [0.25, 0.3) is 0 Å². The third-order valence-corrected chi connectivity index (χ3v) is 2.36. The number of aliphatic hydroxyl groups is 1. The van der Waals surface area contributed by atoms with Crippen LogP contribution in [0.15, 0.2) is 0 Å². The first kappa shape index (κ1) is 8.53. The van der Waals surface area contributed by atoms with E-state index in [0.717, 1.165) is 12.8 Å². The fourth-order valence-electron chi connectivity index (χ4n) is 1.39. The zero-order valence-electron chi connectivity index (χ0n) is 6.71. The maximum Gasteiger partial charge on any atom is 0.309 e. The Kier molecular flexibility index (Phi) is 2.18. The first-order valence-corrected chi connectivity index (χ1v) is 3.95. The lowest BCUT2D eigenvalue weighted by Crippen LogP contribution is -2.19. The number of carbonyl (C=O) groups is 1. The second-order valence-corrected chi connectivity index (χ2v) is 3.58. The SMILES string of the molecule is CC(CO)CC1(C(=O)O)CC1. The molecule has 1 rings (SSSR count). The Balaban J connectivity index is 2.41. The van der Waals surface area contributed by atoms with Crippen molar-refractivity contribution in [3.8, 4) is 0 Å². The Bertz CT molecular complexity index is 161. The third-order valence-electron chi connectivity index (χ3n) is 2.36. The van der Waals surface area contributed by atoms with Crippen molar-refractivity contribution in [2.24, 2.45) is 11.3 Å². The van der Waals surface area contributed by atoms with Crippen molar-refractivity contribution in [1.29, 1.82) is 0 Å². The van der Waals surface area contributed by atoms with E-state index in [1.165, 1.54) is 0 Å². The van der Waals surface area contributed by atoms with E-state index in [1.807, 2.05) is 6.92 Å². The zero-order valence-corrected chi connectivity index (χ0v) is 6.71. The second kappa shape index (κ2) is 2.81. The molecule has 0 saturated heterocycles. The van der Waals surface area contributed by atoms with Crippen molar-refractivity contribution in [3.05, 3.63) is 0 Å². The summed E-state index contributed by atoms with van der Waals surface area (Å²) in [6, 6.07) is 0. The topological polar surface area (TPSA) is 57.5 Å². The lowest BCUT2D eigenvalue weighted by Gasteiger charge is -2.13. The van der Waals surface area contributed by atoms with Gasteiger partial charge in [-0.25, -0.2) is 0 Å². The smallest absolute Gasteiger partial charge is 0.309 e. The summed E-state index contributed by atoms with van der Waals surface area (Å²) in [5.74, 6) is -0.577. The maximum atomic E-state index is 10.7. The van der Waals surface area contributed by atoms with Crippen LogP contribution < -0.4 is 0 Å². The molecule has 0 aromatic heterocycles. The molecule has 0 heterocycles. The monoisotopic (exact) mass is 158 g/mol. The average molecular weight is 158 g/mol. The number of carboxylic acids is 1. The number of rotatable bonds is 4. The molecule has 0 aliphatic heterocycles. The molecule has 1 unspecified atom stereocenters. The first-order valence-electron chi connectivity index (χ1n) is 3.95. The van der Waals surface area contributed by atoms with E-state index in [0.29, 0.717) is 6.42 Å². The van der Waals surface area contributed by atoms with Gasteiger partial charge < -0.3 is 10.2 Å². The molecule has 1 fully saturated rings. The van der Waals surface area contributed by atoms with Crippen LogP contribution in [0.5, 0.6) is 0 Å². The van der Waals surface area contributed by atoms with Crippen LogP contribution >= 0.6 is 0 Å². The van der Waals surface area contributed by atoms with Crippen molar-refractivity contribution in [2.45, 2.75) is 26.2 Å². The van der Waals surface area contributed by atoms with Crippen molar-refractivity contribution in [2.75, 3.05) is 6.61 Å². The molecule has 0 aromatic rings. The van der Waals surface area contributed by atoms with Gasteiger partial charge >= 0.3 is 5.97 Å². The quantitative estimate of drug-likeness (QED) is 0.638. The van der Waals surface area contributed by atoms with Crippen molar-refractivity contribution in [3.63, 3.8) is 0 Å². The van der Waals surface area contributed by atoms with Gasteiger partial charge in [0.1, 0.15) is 0 Å². The maximum absolute atomic E-state index is 10.7. The molecule has 0 amide bonds. The highest BCUT2D eigenvalue weighted by atomic mass is 16.4. The van der Waals surface area contributed by atoms with E-state index in [1.54, 1.807) is 0 Å². The minimum Gasteiger partial charge on any atom is -0.481 e. The molecule has 1 aliphatic carbocycles. The van der Waals surface area contributed by atoms with E-state index in [-0.39, 0.29) is 12.5 Å². The Morgan fingerprint density at radius 3 is 2.45 bits per heavy atom. The van der Waals surface area contributed by atoms with E-state index >= 15 is 0 Å². The summed E-state index contributed by atoms with van der Waals surface area (Å²) in [6.07, 6.45) is 2.19. The van der Waals surface area contributed by atoms with Gasteiger partial charge in [-0.2, -0.15) is 0 Å². The fourth-order valence-corrected chi connectivity index (χ4v) is 1.39. The molecular formula is C8H14O3. The Hall–Kier alpha value is -0.570. The lowest BCUT2D eigenvalue weighted by molar-refractivity contribution is -0.144. The van der Waals surface area contributed by atoms with Crippen molar-refractivity contribution in [1.82, 2.24) is 0 Å². The minimum atomic E-state index is -0.696. The molecule has 2 N–H and O–H groups in total. The molecule has 1 saturated carbocycles. The van der Waals surface area contributed by atoms with Gasteiger partial charge in [0, 0.05) is 6.61 Å². The van der Waals surface area contributed by atoms with E-state index in [2.05, 4.69) is 0 Å². The molecule has 11 heavy (non-hydrogen) atoms. The van der Waals surface area contributed by atoms with Gasteiger partial charge in [0.15, 0.2) is 0 Å². The summed E-state index contributed by atoms with van der Waals surface area (Å²) in [6.45, 7) is 1.97. The highest BCUT2D eigenvalue weighted by molar-refractivity contribution is 5.77. The van der Waals surface area contributed by atoms with Crippen LogP contribution in [0.3, 0.4) is 0 Å². The number of hydrogen-bond donors (Lipinski definition) is 2. The largest absolute Gasteiger partial charge is 0.481 e. The summed E-state index contributed by atoms with van der Waals surface area (Å²) in [7, 11) is 0.